The highest BCUT2D eigenvalue weighted by Gasteiger charge is 2.44. The minimum absolute atomic E-state index is 0.206. The molecule has 0 bridgehead atoms. The maximum absolute atomic E-state index is 14.4. The molecule has 212 valence electrons. The molecule has 1 aliphatic heterocycles. The van der Waals surface area contributed by atoms with Gasteiger partial charge in [-0.05, 0) is 50.5 Å². The maximum Gasteiger partial charge on any atom is 0.408 e. The number of rotatable bonds is 6. The smallest absolute Gasteiger partial charge is 0.408 e. The zero-order chi connectivity index (χ0) is 29.1. The number of aromatic amines is 1. The molecule has 1 aromatic heterocycles. The van der Waals surface area contributed by atoms with Gasteiger partial charge in [0.05, 0.1) is 11.7 Å². The molecular formula is C33H36N4O4. The Hall–Kier alpha value is -4.59. The second-order valence-corrected chi connectivity index (χ2v) is 11.4. The average molecular weight is 553 g/mol. The Morgan fingerprint density at radius 3 is 2.29 bits per heavy atom. The summed E-state index contributed by atoms with van der Waals surface area (Å²) >= 11 is 0. The minimum atomic E-state index is -0.964. The van der Waals surface area contributed by atoms with Crippen LogP contribution in [0.15, 0.2) is 84.9 Å². The Morgan fingerprint density at radius 1 is 0.976 bits per heavy atom. The molecule has 3 atom stereocenters. The second kappa shape index (κ2) is 11.5. The van der Waals surface area contributed by atoms with Crippen molar-refractivity contribution >= 4 is 28.8 Å². The van der Waals surface area contributed by atoms with Crippen molar-refractivity contribution in [2.45, 2.75) is 64.4 Å². The standard InChI is InChI=1S/C33H36N4O4/c1-21(23-15-9-6-10-16-23)37-29(30(38)34-20-22-13-7-5-8-14-22)28-25(24-17-11-12-18-26(24)35-28)19-27(31(37)39)36-32(40)41-33(2,3)4/h5-18,21,27,29,35H,19-20H2,1-4H3,(H,34,38)(H,36,40)/t21-,27-,29+/m0/s1. The number of fused-ring (bicyclic) bond motifs is 3. The van der Waals surface area contributed by atoms with E-state index in [2.05, 4.69) is 15.6 Å². The van der Waals surface area contributed by atoms with Gasteiger partial charge in [0.1, 0.15) is 11.6 Å². The average Bonchev–Trinajstić information content (AvgIpc) is 3.25. The van der Waals surface area contributed by atoms with Gasteiger partial charge in [0.15, 0.2) is 6.04 Å². The van der Waals surface area contributed by atoms with Crippen LogP contribution in [-0.2, 0) is 27.3 Å². The predicted octanol–water partition coefficient (Wildman–Crippen LogP) is 5.56. The number of ether oxygens (including phenoxy) is 1. The zero-order valence-electron chi connectivity index (χ0n) is 23.8. The Morgan fingerprint density at radius 2 is 1.61 bits per heavy atom. The molecule has 3 aromatic carbocycles. The number of aromatic nitrogens is 1. The monoisotopic (exact) mass is 552 g/mol. The van der Waals surface area contributed by atoms with E-state index in [1.165, 1.54) is 0 Å². The molecule has 2 heterocycles. The molecule has 0 spiro atoms. The van der Waals surface area contributed by atoms with Gasteiger partial charge in [0.25, 0.3) is 0 Å². The zero-order valence-corrected chi connectivity index (χ0v) is 23.8. The van der Waals surface area contributed by atoms with Crippen LogP contribution < -0.4 is 10.6 Å². The van der Waals surface area contributed by atoms with E-state index in [1.807, 2.05) is 91.9 Å². The second-order valence-electron chi connectivity index (χ2n) is 11.4. The van der Waals surface area contributed by atoms with Gasteiger partial charge >= 0.3 is 6.09 Å². The van der Waals surface area contributed by atoms with Crippen molar-refractivity contribution in [3.05, 3.63) is 107 Å². The number of carbonyl (C=O) groups excluding carboxylic acids is 3. The van der Waals surface area contributed by atoms with E-state index in [-0.39, 0.29) is 18.2 Å². The summed E-state index contributed by atoms with van der Waals surface area (Å²) in [4.78, 5) is 46.5. The van der Waals surface area contributed by atoms with Crippen molar-refractivity contribution in [3.8, 4) is 0 Å². The summed E-state index contributed by atoms with van der Waals surface area (Å²) < 4.78 is 5.52. The van der Waals surface area contributed by atoms with Crippen LogP contribution in [0.5, 0.6) is 0 Å². The third-order valence-corrected chi connectivity index (χ3v) is 7.31. The molecule has 1 aliphatic rings. The fraction of sp³-hybridized carbons (Fsp3) is 0.303. The fourth-order valence-electron chi connectivity index (χ4n) is 5.42. The number of para-hydroxylation sites is 1. The first-order chi connectivity index (χ1) is 19.6. The lowest BCUT2D eigenvalue weighted by atomic mass is 10.0. The first-order valence-corrected chi connectivity index (χ1v) is 13.9. The molecule has 8 heteroatoms. The molecule has 5 rings (SSSR count). The van der Waals surface area contributed by atoms with Crippen LogP contribution in [0.25, 0.3) is 10.9 Å². The summed E-state index contributed by atoms with van der Waals surface area (Å²) in [5, 5.41) is 6.78. The van der Waals surface area contributed by atoms with E-state index in [1.54, 1.807) is 25.7 Å². The van der Waals surface area contributed by atoms with Crippen molar-refractivity contribution in [1.82, 2.24) is 20.5 Å². The molecule has 3 amide bonds. The van der Waals surface area contributed by atoms with Gasteiger partial charge in [-0.3, -0.25) is 9.59 Å². The number of nitrogens with one attached hydrogen (secondary N) is 3. The highest BCUT2D eigenvalue weighted by Crippen LogP contribution is 2.39. The number of carbonyl (C=O) groups is 3. The lowest BCUT2D eigenvalue weighted by Gasteiger charge is -2.36. The summed E-state index contributed by atoms with van der Waals surface area (Å²) in [5.74, 6) is -0.670. The van der Waals surface area contributed by atoms with Crippen molar-refractivity contribution in [1.29, 1.82) is 0 Å². The summed E-state index contributed by atoms with van der Waals surface area (Å²) in [6, 6.07) is 24.6. The molecule has 41 heavy (non-hydrogen) atoms. The van der Waals surface area contributed by atoms with Gasteiger partial charge in [-0.15, -0.1) is 0 Å². The van der Waals surface area contributed by atoms with Crippen LogP contribution in [0.2, 0.25) is 0 Å². The van der Waals surface area contributed by atoms with E-state index >= 15 is 0 Å². The number of benzene rings is 3. The summed E-state index contributed by atoms with van der Waals surface area (Å²) in [6.45, 7) is 7.54. The lowest BCUT2D eigenvalue weighted by molar-refractivity contribution is -0.144. The summed E-state index contributed by atoms with van der Waals surface area (Å²) in [7, 11) is 0. The van der Waals surface area contributed by atoms with Crippen LogP contribution in [0, 0.1) is 0 Å². The van der Waals surface area contributed by atoms with E-state index in [4.69, 9.17) is 4.74 Å². The lowest BCUT2D eigenvalue weighted by Crippen LogP contribution is -2.52. The predicted molar refractivity (Wildman–Crippen MR) is 158 cm³/mol. The van der Waals surface area contributed by atoms with Crippen LogP contribution >= 0.6 is 0 Å². The number of amides is 3. The molecule has 8 nitrogen and oxygen atoms in total. The van der Waals surface area contributed by atoms with Crippen LogP contribution in [-0.4, -0.2) is 39.4 Å². The Kier molecular flexibility index (Phi) is 7.83. The topological polar surface area (TPSA) is 104 Å². The minimum Gasteiger partial charge on any atom is -0.444 e. The highest BCUT2D eigenvalue weighted by molar-refractivity contribution is 5.97. The van der Waals surface area contributed by atoms with Crippen LogP contribution in [0.3, 0.4) is 0 Å². The molecule has 0 saturated heterocycles. The molecule has 0 radical (unpaired) electrons. The Bertz CT molecular complexity index is 1540. The SMILES string of the molecule is C[C@@H](c1ccccc1)N1C(=O)[C@@H](NC(=O)OC(C)(C)C)Cc2c([nH]c3ccccc23)[C@@H]1C(=O)NCc1ccccc1. The van der Waals surface area contributed by atoms with E-state index in [9.17, 15) is 14.4 Å². The quantitative estimate of drug-likeness (QED) is 0.291. The Labute approximate surface area is 240 Å². The van der Waals surface area contributed by atoms with Gasteiger partial charge < -0.3 is 25.3 Å². The van der Waals surface area contributed by atoms with Crippen molar-refractivity contribution in [3.63, 3.8) is 0 Å². The number of nitrogens with zero attached hydrogens (tertiary/aromatic N) is 1. The van der Waals surface area contributed by atoms with E-state index in [0.29, 0.717) is 12.2 Å². The van der Waals surface area contributed by atoms with Gasteiger partial charge in [-0.2, -0.15) is 0 Å². The van der Waals surface area contributed by atoms with Gasteiger partial charge in [0, 0.05) is 23.9 Å². The van der Waals surface area contributed by atoms with E-state index in [0.717, 1.165) is 27.6 Å². The van der Waals surface area contributed by atoms with Crippen LogP contribution in [0.4, 0.5) is 4.79 Å². The van der Waals surface area contributed by atoms with Gasteiger partial charge in [-0.1, -0.05) is 78.9 Å². The van der Waals surface area contributed by atoms with Crippen molar-refractivity contribution in [2.75, 3.05) is 0 Å². The highest BCUT2D eigenvalue weighted by atomic mass is 16.6. The molecule has 3 N–H and O–H groups in total. The largest absolute Gasteiger partial charge is 0.444 e. The third kappa shape index (κ3) is 6.11. The summed E-state index contributed by atoms with van der Waals surface area (Å²) in [6.07, 6.45) is -0.478. The maximum atomic E-state index is 14.4. The third-order valence-electron chi connectivity index (χ3n) is 7.31. The molecule has 0 aliphatic carbocycles. The van der Waals surface area contributed by atoms with Gasteiger partial charge in [0.2, 0.25) is 11.8 Å². The normalized spacial score (nSPS) is 17.9. The molecule has 4 aromatic rings. The first kappa shape index (κ1) is 28.0. The van der Waals surface area contributed by atoms with E-state index < -0.39 is 29.8 Å². The molecule has 0 unspecified atom stereocenters. The van der Waals surface area contributed by atoms with Crippen molar-refractivity contribution in [2.24, 2.45) is 0 Å². The molecule has 0 saturated carbocycles. The molecular weight excluding hydrogens is 516 g/mol. The number of hydrogen-bond acceptors (Lipinski definition) is 4. The Balaban J connectivity index is 1.61. The first-order valence-electron chi connectivity index (χ1n) is 13.9. The number of H-pyrrole nitrogens is 1. The molecule has 0 fully saturated rings. The van der Waals surface area contributed by atoms with Crippen molar-refractivity contribution < 1.29 is 19.1 Å². The summed E-state index contributed by atoms with van der Waals surface area (Å²) in [5.41, 5.74) is 3.40. The fourth-order valence-corrected chi connectivity index (χ4v) is 5.42. The van der Waals surface area contributed by atoms with Gasteiger partial charge in [-0.25, -0.2) is 4.79 Å². The number of hydrogen-bond donors (Lipinski definition) is 3. The number of alkyl carbamates (subject to hydrolysis) is 1. The van der Waals surface area contributed by atoms with Crippen LogP contribution in [0.1, 0.15) is 62.2 Å².